The molecule has 0 amide bonds. The van der Waals surface area contributed by atoms with Gasteiger partial charge in [0.2, 0.25) is 0 Å². The summed E-state index contributed by atoms with van der Waals surface area (Å²) in [4.78, 5) is 8.81. The average molecular weight is 452 g/mol. The molecule has 2 aromatic carbocycles. The van der Waals surface area contributed by atoms with Crippen molar-refractivity contribution in [3.05, 3.63) is 52.5 Å². The molecule has 0 spiro atoms. The molecule has 0 unspecified atom stereocenters. The van der Waals surface area contributed by atoms with Gasteiger partial charge >= 0.3 is 0 Å². The molecule has 1 saturated heterocycles. The van der Waals surface area contributed by atoms with E-state index >= 15 is 0 Å². The summed E-state index contributed by atoms with van der Waals surface area (Å²) in [7, 11) is 1.69. The molecule has 5 nitrogen and oxygen atoms in total. The number of aliphatic imine (C=N–C) groups is 1. The van der Waals surface area contributed by atoms with Crippen LogP contribution in [0, 0.1) is 0 Å². The van der Waals surface area contributed by atoms with Gasteiger partial charge in [0.25, 0.3) is 0 Å². The molecular weight excluding hydrogens is 430 g/mol. The van der Waals surface area contributed by atoms with E-state index in [1.54, 1.807) is 25.3 Å². The zero-order chi connectivity index (χ0) is 17.8. The van der Waals surface area contributed by atoms with E-state index in [4.69, 9.17) is 33.7 Å². The van der Waals surface area contributed by atoms with E-state index in [1.165, 1.54) is 0 Å². The van der Waals surface area contributed by atoms with Crippen molar-refractivity contribution < 1.29 is 4.74 Å². The molecule has 0 aromatic heterocycles. The molecule has 0 radical (unpaired) electrons. The van der Waals surface area contributed by atoms with Gasteiger partial charge in [-0.2, -0.15) is 0 Å². The van der Waals surface area contributed by atoms with Crippen LogP contribution >= 0.6 is 48.0 Å². The Morgan fingerprint density at radius 3 is 2.30 bits per heavy atom. The summed E-state index contributed by atoms with van der Waals surface area (Å²) in [6, 6.07) is 13.3. The molecule has 2 N–H and O–H groups in total. The highest BCUT2D eigenvalue weighted by atomic mass is 35.5. The minimum Gasteiger partial charge on any atom is -0.495 e. The molecule has 1 aliphatic rings. The SMILES string of the molecule is COc1ccccc1N1CCN(C(N)=Nc2ccc(Cl)c(Cl)c2)CC1.Cl.Cl. The van der Waals surface area contributed by atoms with Crippen molar-refractivity contribution >= 4 is 65.4 Å². The highest BCUT2D eigenvalue weighted by Crippen LogP contribution is 2.29. The molecule has 1 fully saturated rings. The van der Waals surface area contributed by atoms with Crippen molar-refractivity contribution in [2.24, 2.45) is 10.7 Å². The topological polar surface area (TPSA) is 54.1 Å². The van der Waals surface area contributed by atoms with Gasteiger partial charge in [-0.1, -0.05) is 35.3 Å². The summed E-state index contributed by atoms with van der Waals surface area (Å²) < 4.78 is 5.45. The maximum absolute atomic E-state index is 6.17. The lowest BCUT2D eigenvalue weighted by molar-refractivity contribution is 0.375. The molecule has 9 heteroatoms. The van der Waals surface area contributed by atoms with Crippen LogP contribution in [0.3, 0.4) is 0 Å². The lowest BCUT2D eigenvalue weighted by atomic mass is 10.2. The number of para-hydroxylation sites is 2. The van der Waals surface area contributed by atoms with E-state index < -0.39 is 0 Å². The minimum atomic E-state index is 0. The Hall–Kier alpha value is -1.53. The van der Waals surface area contributed by atoms with Crippen LogP contribution in [0.4, 0.5) is 11.4 Å². The molecule has 0 saturated carbocycles. The van der Waals surface area contributed by atoms with Crippen LogP contribution in [0.15, 0.2) is 47.5 Å². The van der Waals surface area contributed by atoms with Crippen molar-refractivity contribution in [3.63, 3.8) is 0 Å². The fourth-order valence-electron chi connectivity index (χ4n) is 2.83. The van der Waals surface area contributed by atoms with E-state index in [1.807, 2.05) is 18.2 Å². The number of hydrogen-bond acceptors (Lipinski definition) is 3. The van der Waals surface area contributed by atoms with Gasteiger partial charge in [-0.3, -0.25) is 0 Å². The molecule has 0 atom stereocenters. The largest absolute Gasteiger partial charge is 0.495 e. The van der Waals surface area contributed by atoms with Crippen molar-refractivity contribution in [1.82, 2.24) is 4.90 Å². The molecule has 3 rings (SSSR count). The Kier molecular flexibility index (Phi) is 9.33. The predicted octanol–water partition coefficient (Wildman–Crippen LogP) is 4.61. The monoisotopic (exact) mass is 450 g/mol. The van der Waals surface area contributed by atoms with Gasteiger partial charge in [-0.05, 0) is 30.3 Å². The fraction of sp³-hybridized carbons (Fsp3) is 0.278. The second kappa shape index (κ2) is 10.7. The number of halogens is 4. The molecule has 1 heterocycles. The number of piperazine rings is 1. The summed E-state index contributed by atoms with van der Waals surface area (Å²) in [5.74, 6) is 1.37. The smallest absolute Gasteiger partial charge is 0.196 e. The molecule has 0 aliphatic carbocycles. The first-order valence-corrected chi connectivity index (χ1v) is 8.76. The average Bonchev–Trinajstić information content (AvgIpc) is 2.65. The number of benzene rings is 2. The Morgan fingerprint density at radius 1 is 1.00 bits per heavy atom. The summed E-state index contributed by atoms with van der Waals surface area (Å²) >= 11 is 12.0. The van der Waals surface area contributed by atoms with Gasteiger partial charge in [0.15, 0.2) is 5.96 Å². The fourth-order valence-corrected chi connectivity index (χ4v) is 3.12. The summed E-state index contributed by atoms with van der Waals surface area (Å²) in [5, 5.41) is 0.973. The number of hydrogen-bond donors (Lipinski definition) is 1. The summed E-state index contributed by atoms with van der Waals surface area (Å²) in [6.07, 6.45) is 0. The summed E-state index contributed by atoms with van der Waals surface area (Å²) in [5.41, 5.74) is 7.96. The number of methoxy groups -OCH3 is 1. The number of guanidine groups is 1. The highest BCUT2D eigenvalue weighted by molar-refractivity contribution is 6.42. The first kappa shape index (κ1) is 23.5. The van der Waals surface area contributed by atoms with Gasteiger partial charge in [0, 0.05) is 26.2 Å². The number of nitrogens with two attached hydrogens (primary N) is 1. The normalized spacial score (nSPS) is 14.3. The first-order chi connectivity index (χ1) is 12.1. The zero-order valence-corrected chi connectivity index (χ0v) is 17.9. The maximum atomic E-state index is 6.17. The van der Waals surface area contributed by atoms with Crippen molar-refractivity contribution in [1.29, 1.82) is 0 Å². The van der Waals surface area contributed by atoms with Crippen LogP contribution < -0.4 is 15.4 Å². The molecule has 27 heavy (non-hydrogen) atoms. The molecular formula is C18H22Cl4N4O. The Bertz CT molecular complexity index is 780. The van der Waals surface area contributed by atoms with Gasteiger partial charge in [0.1, 0.15) is 5.75 Å². The van der Waals surface area contributed by atoms with Crippen LogP contribution in [0.2, 0.25) is 10.0 Å². The second-order valence-corrected chi connectivity index (χ2v) is 6.53. The van der Waals surface area contributed by atoms with Crippen molar-refractivity contribution in [3.8, 4) is 5.75 Å². The van der Waals surface area contributed by atoms with E-state index in [9.17, 15) is 0 Å². The highest BCUT2D eigenvalue weighted by Gasteiger charge is 2.20. The Labute approximate surface area is 181 Å². The van der Waals surface area contributed by atoms with Gasteiger partial charge < -0.3 is 20.3 Å². The molecule has 148 valence electrons. The van der Waals surface area contributed by atoms with E-state index in [0.29, 0.717) is 21.7 Å². The van der Waals surface area contributed by atoms with Crippen LogP contribution in [0.1, 0.15) is 0 Å². The van der Waals surface area contributed by atoms with E-state index in [2.05, 4.69) is 20.9 Å². The molecule has 1 aliphatic heterocycles. The van der Waals surface area contributed by atoms with E-state index in [-0.39, 0.29) is 24.8 Å². The first-order valence-electron chi connectivity index (χ1n) is 8.00. The Morgan fingerprint density at radius 2 is 1.67 bits per heavy atom. The zero-order valence-electron chi connectivity index (χ0n) is 14.8. The lowest BCUT2D eigenvalue weighted by Crippen LogP contribution is -2.51. The van der Waals surface area contributed by atoms with Crippen molar-refractivity contribution in [2.75, 3.05) is 38.2 Å². The predicted molar refractivity (Wildman–Crippen MR) is 119 cm³/mol. The third-order valence-corrected chi connectivity index (χ3v) is 4.92. The van der Waals surface area contributed by atoms with Crippen LogP contribution in [0.25, 0.3) is 0 Å². The maximum Gasteiger partial charge on any atom is 0.196 e. The van der Waals surface area contributed by atoms with Crippen LogP contribution in [-0.4, -0.2) is 44.1 Å². The van der Waals surface area contributed by atoms with Gasteiger partial charge in [-0.15, -0.1) is 24.8 Å². The van der Waals surface area contributed by atoms with Crippen molar-refractivity contribution in [2.45, 2.75) is 0 Å². The quantitative estimate of drug-likeness (QED) is 0.546. The van der Waals surface area contributed by atoms with Gasteiger partial charge in [0.05, 0.1) is 28.5 Å². The van der Waals surface area contributed by atoms with Crippen LogP contribution in [0.5, 0.6) is 5.75 Å². The second-order valence-electron chi connectivity index (χ2n) is 5.71. The van der Waals surface area contributed by atoms with Crippen LogP contribution in [-0.2, 0) is 0 Å². The van der Waals surface area contributed by atoms with E-state index in [0.717, 1.165) is 37.6 Å². The molecule has 0 bridgehead atoms. The lowest BCUT2D eigenvalue weighted by Gasteiger charge is -2.37. The number of ether oxygens (including phenoxy) is 1. The number of rotatable bonds is 3. The standard InChI is InChI=1S/C18H20Cl2N4O.2ClH/c1-25-17-5-3-2-4-16(17)23-8-10-24(11-9-23)18(21)22-13-6-7-14(19)15(20)12-13;;/h2-7,12H,8-11H2,1H3,(H2,21,22);2*1H. The number of nitrogens with zero attached hydrogens (tertiary/aromatic N) is 3. The molecule has 2 aromatic rings. The minimum absolute atomic E-state index is 0. The Balaban J connectivity index is 0.00000182. The third kappa shape index (κ3) is 5.72. The number of anilines is 1. The van der Waals surface area contributed by atoms with Gasteiger partial charge in [-0.25, -0.2) is 4.99 Å². The third-order valence-electron chi connectivity index (χ3n) is 4.18. The summed E-state index contributed by atoms with van der Waals surface area (Å²) in [6.45, 7) is 3.26.